The van der Waals surface area contributed by atoms with Gasteiger partial charge in [-0.25, -0.2) is 0 Å². The molecule has 1 aromatic carbocycles. The average molecular weight is 511 g/mol. The van der Waals surface area contributed by atoms with Crippen molar-refractivity contribution in [3.05, 3.63) is 53.3 Å². The molecule has 1 aromatic heterocycles. The van der Waals surface area contributed by atoms with Gasteiger partial charge in [0.05, 0.1) is 12.2 Å². The van der Waals surface area contributed by atoms with Crippen molar-refractivity contribution in [3.63, 3.8) is 0 Å². The Bertz CT molecular complexity index is 766. The highest BCUT2D eigenvalue weighted by molar-refractivity contribution is 14.0. The van der Waals surface area contributed by atoms with Gasteiger partial charge in [-0.05, 0) is 23.7 Å². The molecule has 1 saturated heterocycles. The molecule has 0 aliphatic carbocycles. The fraction of sp³-hybridized carbons (Fsp3) is 0.524. The lowest BCUT2D eigenvalue weighted by molar-refractivity contribution is 0.131. The summed E-state index contributed by atoms with van der Waals surface area (Å²) in [5.74, 6) is 0.799. The van der Waals surface area contributed by atoms with E-state index >= 15 is 0 Å². The Morgan fingerprint density at radius 2 is 1.66 bits per heavy atom. The van der Waals surface area contributed by atoms with E-state index in [2.05, 4.69) is 61.7 Å². The lowest BCUT2D eigenvalue weighted by Crippen LogP contribution is -2.45. The molecular weight excluding hydrogens is 477 g/mol. The molecule has 1 aliphatic heterocycles. The summed E-state index contributed by atoms with van der Waals surface area (Å²) >= 11 is 0. The van der Waals surface area contributed by atoms with Gasteiger partial charge in [0.25, 0.3) is 0 Å². The van der Waals surface area contributed by atoms with E-state index in [1.807, 2.05) is 24.0 Å². The quantitative estimate of drug-likeness (QED) is 0.339. The minimum absolute atomic E-state index is 0. The van der Waals surface area contributed by atoms with Crippen LogP contribution >= 0.6 is 24.0 Å². The van der Waals surface area contributed by atoms with E-state index in [9.17, 15) is 0 Å². The second-order valence-corrected chi connectivity index (χ2v) is 7.20. The summed E-state index contributed by atoms with van der Waals surface area (Å²) in [5, 5.41) is 11.0. The number of nitrogens with one attached hydrogen (secondary N) is 2. The third kappa shape index (κ3) is 6.97. The van der Waals surface area contributed by atoms with E-state index in [1.54, 1.807) is 7.05 Å². The average Bonchev–Trinajstić information content (AvgIpc) is 3.14. The number of guanidine groups is 1. The zero-order valence-electron chi connectivity index (χ0n) is 17.8. The Morgan fingerprint density at radius 3 is 2.28 bits per heavy atom. The van der Waals surface area contributed by atoms with Gasteiger partial charge >= 0.3 is 0 Å². The summed E-state index contributed by atoms with van der Waals surface area (Å²) in [6.45, 7) is 10.5. The Labute approximate surface area is 191 Å². The topological polar surface area (TPSA) is 60.7 Å². The fourth-order valence-corrected chi connectivity index (χ4v) is 3.54. The molecule has 3 rings (SSSR count). The first-order chi connectivity index (χ1) is 13.7. The van der Waals surface area contributed by atoms with Crippen molar-refractivity contribution in [3.8, 4) is 0 Å². The van der Waals surface area contributed by atoms with Crippen molar-refractivity contribution in [1.82, 2.24) is 30.2 Å². The molecule has 1 aliphatic rings. The predicted octanol–water partition coefficient (Wildman–Crippen LogP) is 2.04. The molecule has 2 heterocycles. The van der Waals surface area contributed by atoms with Crippen LogP contribution in [0.25, 0.3) is 0 Å². The number of rotatable bonds is 7. The summed E-state index contributed by atoms with van der Waals surface area (Å²) in [4.78, 5) is 9.42. The van der Waals surface area contributed by atoms with Crippen molar-refractivity contribution >= 4 is 29.9 Å². The molecule has 0 amide bonds. The first-order valence-corrected chi connectivity index (χ1v) is 10.1. The largest absolute Gasteiger partial charge is 0.352 e. The maximum atomic E-state index is 4.34. The van der Waals surface area contributed by atoms with Crippen LogP contribution in [0.1, 0.15) is 23.7 Å². The molecule has 160 valence electrons. The van der Waals surface area contributed by atoms with E-state index in [0.29, 0.717) is 6.54 Å². The van der Waals surface area contributed by atoms with Crippen molar-refractivity contribution in [2.45, 2.75) is 26.6 Å². The van der Waals surface area contributed by atoms with Crippen LogP contribution in [0.15, 0.2) is 41.5 Å². The molecule has 0 atom stereocenters. The smallest absolute Gasteiger partial charge is 0.191 e. The van der Waals surface area contributed by atoms with Crippen LogP contribution in [0.2, 0.25) is 0 Å². The summed E-state index contributed by atoms with van der Waals surface area (Å²) < 4.78 is 1.87. The van der Waals surface area contributed by atoms with Gasteiger partial charge in [-0.2, -0.15) is 5.10 Å². The monoisotopic (exact) mass is 511 g/mol. The standard InChI is InChI=1S/C21H33N7.HI/c1-4-27-11-13-28(14-12-27)17-19-8-6-5-7-18(19)15-23-21(22-2)24-16-20-9-10-25-26(20)3;/h5-10H,4,11-17H2,1-3H3,(H2,22,23,24);1H. The van der Waals surface area contributed by atoms with Gasteiger partial charge in [-0.3, -0.25) is 14.6 Å². The minimum atomic E-state index is 0. The number of aliphatic imine (C=N–C) groups is 1. The maximum Gasteiger partial charge on any atom is 0.191 e. The summed E-state index contributed by atoms with van der Waals surface area (Å²) in [7, 11) is 3.75. The number of aryl methyl sites for hydroxylation is 1. The summed E-state index contributed by atoms with van der Waals surface area (Å²) in [6.07, 6.45) is 1.81. The number of piperazine rings is 1. The van der Waals surface area contributed by atoms with Crippen LogP contribution in [0.3, 0.4) is 0 Å². The molecule has 0 unspecified atom stereocenters. The van der Waals surface area contributed by atoms with Crippen molar-refractivity contribution in [1.29, 1.82) is 0 Å². The van der Waals surface area contributed by atoms with Gasteiger partial charge in [0, 0.05) is 59.6 Å². The highest BCUT2D eigenvalue weighted by Gasteiger charge is 2.16. The zero-order valence-corrected chi connectivity index (χ0v) is 20.1. The third-order valence-electron chi connectivity index (χ3n) is 5.45. The van der Waals surface area contributed by atoms with Crippen LogP contribution in [-0.2, 0) is 26.7 Å². The molecule has 7 nitrogen and oxygen atoms in total. The maximum absolute atomic E-state index is 4.34. The summed E-state index contributed by atoms with van der Waals surface area (Å²) in [6, 6.07) is 10.7. The first kappa shape index (κ1) is 23.6. The molecule has 1 fully saturated rings. The molecule has 0 radical (unpaired) electrons. The van der Waals surface area contributed by atoms with Gasteiger partial charge in [0.1, 0.15) is 0 Å². The molecule has 29 heavy (non-hydrogen) atoms. The zero-order chi connectivity index (χ0) is 19.8. The van der Waals surface area contributed by atoms with Gasteiger partial charge < -0.3 is 15.5 Å². The normalized spacial score (nSPS) is 15.8. The van der Waals surface area contributed by atoms with Gasteiger partial charge in [0.2, 0.25) is 0 Å². The number of hydrogen-bond donors (Lipinski definition) is 2. The van der Waals surface area contributed by atoms with E-state index in [4.69, 9.17) is 0 Å². The van der Waals surface area contributed by atoms with E-state index in [-0.39, 0.29) is 24.0 Å². The Hall–Kier alpha value is -1.65. The Morgan fingerprint density at radius 1 is 1.00 bits per heavy atom. The summed E-state index contributed by atoms with van der Waals surface area (Å²) in [5.41, 5.74) is 3.83. The number of nitrogens with zero attached hydrogens (tertiary/aromatic N) is 5. The highest BCUT2D eigenvalue weighted by Crippen LogP contribution is 2.13. The SMILES string of the molecule is CCN1CCN(Cc2ccccc2CNC(=NC)NCc2ccnn2C)CC1.I. The van der Waals surface area contributed by atoms with E-state index in [0.717, 1.165) is 44.4 Å². The minimum Gasteiger partial charge on any atom is -0.352 e. The lowest BCUT2D eigenvalue weighted by atomic mass is 10.1. The number of halogens is 1. The van der Waals surface area contributed by atoms with Gasteiger partial charge in [-0.15, -0.1) is 24.0 Å². The lowest BCUT2D eigenvalue weighted by Gasteiger charge is -2.34. The van der Waals surface area contributed by atoms with Crippen LogP contribution in [0.5, 0.6) is 0 Å². The number of hydrogen-bond acceptors (Lipinski definition) is 4. The number of aromatic nitrogens is 2. The van der Waals surface area contributed by atoms with E-state index < -0.39 is 0 Å². The van der Waals surface area contributed by atoms with Gasteiger partial charge in [-0.1, -0.05) is 31.2 Å². The van der Waals surface area contributed by atoms with Crippen molar-refractivity contribution < 1.29 is 0 Å². The van der Waals surface area contributed by atoms with Gasteiger partial charge in [0.15, 0.2) is 5.96 Å². The second kappa shape index (κ2) is 12.1. The van der Waals surface area contributed by atoms with Crippen LogP contribution < -0.4 is 10.6 Å². The fourth-order valence-electron chi connectivity index (χ4n) is 3.54. The molecule has 0 saturated carbocycles. The Balaban J connectivity index is 0.00000300. The molecule has 2 N–H and O–H groups in total. The van der Waals surface area contributed by atoms with Crippen LogP contribution in [-0.4, -0.2) is 65.3 Å². The van der Waals surface area contributed by atoms with E-state index in [1.165, 1.54) is 24.2 Å². The first-order valence-electron chi connectivity index (χ1n) is 10.1. The molecule has 8 heteroatoms. The molecule has 2 aromatic rings. The Kier molecular flexibility index (Phi) is 9.89. The van der Waals surface area contributed by atoms with Crippen LogP contribution in [0, 0.1) is 0 Å². The molecule has 0 bridgehead atoms. The predicted molar refractivity (Wildman–Crippen MR) is 129 cm³/mol. The van der Waals surface area contributed by atoms with Crippen LogP contribution in [0.4, 0.5) is 0 Å². The highest BCUT2D eigenvalue weighted by atomic mass is 127. The van der Waals surface area contributed by atoms with Crippen molar-refractivity contribution in [2.75, 3.05) is 39.8 Å². The molecule has 0 spiro atoms. The molecular formula is C21H34IN7. The third-order valence-corrected chi connectivity index (χ3v) is 5.45. The number of likely N-dealkylation sites (N-methyl/N-ethyl adjacent to an activating group) is 1. The number of benzene rings is 1. The van der Waals surface area contributed by atoms with Crippen molar-refractivity contribution in [2.24, 2.45) is 12.0 Å². The second-order valence-electron chi connectivity index (χ2n) is 7.20.